The van der Waals surface area contributed by atoms with Gasteiger partial charge in [0, 0.05) is 29.8 Å². The summed E-state index contributed by atoms with van der Waals surface area (Å²) in [5.74, 6) is 1.86. The van der Waals surface area contributed by atoms with Crippen molar-refractivity contribution >= 4 is 16.8 Å². The van der Waals surface area contributed by atoms with E-state index in [0.29, 0.717) is 36.0 Å². The lowest BCUT2D eigenvalue weighted by molar-refractivity contribution is 0.0987. The molecular formula is C25H30N2O4. The van der Waals surface area contributed by atoms with Crippen LogP contribution in [0.1, 0.15) is 54.6 Å². The smallest absolute Gasteiger partial charge is 0.167 e. The first-order valence-electron chi connectivity index (χ1n) is 11.1. The summed E-state index contributed by atoms with van der Waals surface area (Å²) in [5, 5.41) is 5.49. The van der Waals surface area contributed by atoms with Crippen LogP contribution in [0.25, 0.3) is 11.0 Å². The number of hydrogen-bond acceptors (Lipinski definition) is 6. The Bertz CT molecular complexity index is 1020. The van der Waals surface area contributed by atoms with Crippen LogP contribution in [-0.4, -0.2) is 49.2 Å². The fraction of sp³-hybridized carbons (Fsp3) is 0.440. The predicted molar refractivity (Wildman–Crippen MR) is 120 cm³/mol. The topological polar surface area (TPSA) is 64.8 Å². The second kappa shape index (κ2) is 9.96. The van der Waals surface area contributed by atoms with E-state index in [9.17, 15) is 4.79 Å². The van der Waals surface area contributed by atoms with Gasteiger partial charge in [0.1, 0.15) is 0 Å². The average Bonchev–Trinajstić information content (AvgIpc) is 3.26. The van der Waals surface area contributed by atoms with Gasteiger partial charge in [-0.25, -0.2) is 0 Å². The molecule has 0 spiro atoms. The quantitative estimate of drug-likeness (QED) is 0.354. The molecule has 1 aromatic heterocycles. The number of Topliss-reactive ketones (excluding diaryl/α,β-unsaturated/α-hetero) is 1. The number of likely N-dealkylation sites (tertiary alicyclic amines) is 1. The number of ketones is 1. The Labute approximate surface area is 183 Å². The molecule has 4 rings (SSSR count). The molecule has 2 heterocycles. The van der Waals surface area contributed by atoms with Gasteiger partial charge in [0.15, 0.2) is 22.9 Å². The molecular weight excluding hydrogens is 392 g/mol. The fourth-order valence-corrected chi connectivity index (χ4v) is 4.26. The predicted octanol–water partition coefficient (Wildman–Crippen LogP) is 5.08. The third kappa shape index (κ3) is 4.90. The molecule has 0 unspecified atom stereocenters. The Kier molecular flexibility index (Phi) is 6.87. The largest absolute Gasteiger partial charge is 0.493 e. The van der Waals surface area contributed by atoms with Gasteiger partial charge in [-0.15, -0.1) is 0 Å². The van der Waals surface area contributed by atoms with Crippen molar-refractivity contribution in [3.8, 4) is 11.5 Å². The SMILES string of the molecule is CCC(=O)c1ccc(OCCCN2CCC(c3noc4ccccc34)CC2)c(OC)c1. The summed E-state index contributed by atoms with van der Waals surface area (Å²) in [4.78, 5) is 14.4. The summed E-state index contributed by atoms with van der Waals surface area (Å²) in [6, 6.07) is 13.5. The van der Waals surface area contributed by atoms with E-state index in [4.69, 9.17) is 14.0 Å². The molecule has 0 amide bonds. The van der Waals surface area contributed by atoms with Crippen LogP contribution in [-0.2, 0) is 0 Å². The number of carbonyl (C=O) groups excluding carboxylic acids is 1. The van der Waals surface area contributed by atoms with Gasteiger partial charge in [-0.1, -0.05) is 24.2 Å². The summed E-state index contributed by atoms with van der Waals surface area (Å²) >= 11 is 0. The van der Waals surface area contributed by atoms with E-state index in [1.165, 1.54) is 0 Å². The molecule has 1 fully saturated rings. The van der Waals surface area contributed by atoms with Gasteiger partial charge >= 0.3 is 0 Å². The van der Waals surface area contributed by atoms with Gasteiger partial charge in [-0.2, -0.15) is 0 Å². The molecule has 1 aliphatic rings. The Morgan fingerprint density at radius 3 is 2.74 bits per heavy atom. The fourth-order valence-electron chi connectivity index (χ4n) is 4.26. The van der Waals surface area contributed by atoms with E-state index < -0.39 is 0 Å². The summed E-state index contributed by atoms with van der Waals surface area (Å²) in [6.45, 7) is 5.59. The van der Waals surface area contributed by atoms with Crippen LogP contribution in [0.4, 0.5) is 0 Å². The van der Waals surface area contributed by atoms with E-state index in [-0.39, 0.29) is 5.78 Å². The van der Waals surface area contributed by atoms with Crippen LogP contribution < -0.4 is 9.47 Å². The molecule has 1 saturated heterocycles. The summed E-state index contributed by atoms with van der Waals surface area (Å²) in [7, 11) is 1.60. The molecule has 1 aliphatic heterocycles. The number of para-hydroxylation sites is 1. The second-order valence-electron chi connectivity index (χ2n) is 8.02. The zero-order chi connectivity index (χ0) is 21.6. The normalized spacial score (nSPS) is 15.3. The molecule has 6 nitrogen and oxygen atoms in total. The van der Waals surface area contributed by atoms with Crippen molar-refractivity contribution in [2.24, 2.45) is 0 Å². The maximum Gasteiger partial charge on any atom is 0.167 e. The zero-order valence-electron chi connectivity index (χ0n) is 18.3. The molecule has 2 aromatic carbocycles. The maximum atomic E-state index is 11.9. The average molecular weight is 423 g/mol. The molecule has 0 atom stereocenters. The van der Waals surface area contributed by atoms with Crippen LogP contribution >= 0.6 is 0 Å². The first-order valence-corrected chi connectivity index (χ1v) is 11.1. The minimum atomic E-state index is 0.104. The van der Waals surface area contributed by atoms with Crippen molar-refractivity contribution in [3.05, 3.63) is 53.7 Å². The lowest BCUT2D eigenvalue weighted by atomic mass is 9.91. The van der Waals surface area contributed by atoms with Crippen LogP contribution in [0.15, 0.2) is 47.0 Å². The monoisotopic (exact) mass is 422 g/mol. The summed E-state index contributed by atoms with van der Waals surface area (Å²) in [5.41, 5.74) is 2.64. The highest BCUT2D eigenvalue weighted by Gasteiger charge is 2.24. The zero-order valence-corrected chi connectivity index (χ0v) is 18.3. The first-order chi connectivity index (χ1) is 15.2. The Morgan fingerprint density at radius 1 is 1.16 bits per heavy atom. The lowest BCUT2D eigenvalue weighted by Crippen LogP contribution is -2.34. The molecule has 0 N–H and O–H groups in total. The molecule has 0 aliphatic carbocycles. The van der Waals surface area contributed by atoms with Crippen molar-refractivity contribution < 1.29 is 18.8 Å². The van der Waals surface area contributed by atoms with Crippen LogP contribution in [0.2, 0.25) is 0 Å². The maximum absolute atomic E-state index is 11.9. The van der Waals surface area contributed by atoms with Gasteiger partial charge in [-0.05, 0) is 62.7 Å². The number of carbonyl (C=O) groups is 1. The molecule has 0 bridgehead atoms. The van der Waals surface area contributed by atoms with Gasteiger partial charge in [0.25, 0.3) is 0 Å². The first kappa shape index (κ1) is 21.4. The van der Waals surface area contributed by atoms with E-state index in [2.05, 4.69) is 16.1 Å². The highest BCUT2D eigenvalue weighted by Crippen LogP contribution is 2.32. The minimum absolute atomic E-state index is 0.104. The van der Waals surface area contributed by atoms with Gasteiger partial charge in [0.2, 0.25) is 0 Å². The van der Waals surface area contributed by atoms with Gasteiger partial charge < -0.3 is 18.9 Å². The van der Waals surface area contributed by atoms with E-state index >= 15 is 0 Å². The van der Waals surface area contributed by atoms with Crippen molar-refractivity contribution in [2.45, 2.75) is 38.5 Å². The standard InChI is InChI=1S/C25H30N2O4/c1-3-21(28)19-9-10-23(24(17-19)29-2)30-16-6-13-27-14-11-18(12-15-27)25-20-7-4-5-8-22(20)31-26-25/h4-5,7-10,17-18H,3,6,11-16H2,1-2H3. The van der Waals surface area contributed by atoms with E-state index in [1.54, 1.807) is 13.2 Å². The Hall–Kier alpha value is -2.86. The second-order valence-corrected chi connectivity index (χ2v) is 8.02. The van der Waals surface area contributed by atoms with Crippen LogP contribution in [0, 0.1) is 0 Å². The number of ether oxygens (including phenoxy) is 2. The Balaban J connectivity index is 1.23. The van der Waals surface area contributed by atoms with Crippen molar-refractivity contribution in [1.29, 1.82) is 0 Å². The number of piperidine rings is 1. The molecule has 3 aromatic rings. The lowest BCUT2D eigenvalue weighted by Gasteiger charge is -2.31. The van der Waals surface area contributed by atoms with E-state index in [1.807, 2.05) is 37.3 Å². The molecule has 164 valence electrons. The van der Waals surface area contributed by atoms with Crippen molar-refractivity contribution in [3.63, 3.8) is 0 Å². The molecule has 31 heavy (non-hydrogen) atoms. The van der Waals surface area contributed by atoms with Crippen LogP contribution in [0.3, 0.4) is 0 Å². The third-order valence-corrected chi connectivity index (χ3v) is 6.06. The van der Waals surface area contributed by atoms with Gasteiger partial charge in [0.05, 0.1) is 19.4 Å². The Morgan fingerprint density at radius 2 is 1.97 bits per heavy atom. The number of rotatable bonds is 9. The van der Waals surface area contributed by atoms with Crippen LogP contribution in [0.5, 0.6) is 11.5 Å². The summed E-state index contributed by atoms with van der Waals surface area (Å²) in [6.07, 6.45) is 3.61. The summed E-state index contributed by atoms with van der Waals surface area (Å²) < 4.78 is 16.8. The molecule has 6 heteroatoms. The highest BCUT2D eigenvalue weighted by molar-refractivity contribution is 5.96. The number of benzene rings is 2. The number of nitrogens with zero attached hydrogens (tertiary/aromatic N) is 2. The van der Waals surface area contributed by atoms with Crippen molar-refractivity contribution in [2.75, 3.05) is 33.4 Å². The number of aromatic nitrogens is 1. The number of fused-ring (bicyclic) bond motifs is 1. The number of methoxy groups -OCH3 is 1. The molecule has 0 radical (unpaired) electrons. The van der Waals surface area contributed by atoms with Crippen molar-refractivity contribution in [1.82, 2.24) is 10.1 Å². The van der Waals surface area contributed by atoms with E-state index in [0.717, 1.165) is 55.6 Å². The minimum Gasteiger partial charge on any atom is -0.493 e. The third-order valence-electron chi connectivity index (χ3n) is 6.06. The highest BCUT2D eigenvalue weighted by atomic mass is 16.5. The molecule has 0 saturated carbocycles. The van der Waals surface area contributed by atoms with Gasteiger partial charge in [-0.3, -0.25) is 4.79 Å². The number of hydrogen-bond donors (Lipinski definition) is 0.